The first-order valence-corrected chi connectivity index (χ1v) is 13.1. The molecule has 174 valence electrons. The third-order valence-electron chi connectivity index (χ3n) is 7.10. The monoisotopic (exact) mass is 449 g/mol. The van der Waals surface area contributed by atoms with Crippen LogP contribution in [0.4, 0.5) is 0 Å². The van der Waals surface area contributed by atoms with Gasteiger partial charge in [0.2, 0.25) is 10.0 Å². The van der Waals surface area contributed by atoms with E-state index in [9.17, 15) is 13.2 Å². The number of nitrogens with one attached hydrogen (secondary N) is 1. The number of hydrogen-bond donors (Lipinski definition) is 1. The third kappa shape index (κ3) is 5.75. The predicted octanol–water partition coefficient (Wildman–Crippen LogP) is 3.39. The van der Waals surface area contributed by atoms with Crippen LogP contribution in [-0.2, 0) is 10.0 Å². The second-order valence-corrected chi connectivity index (χ2v) is 11.9. The molecule has 2 atom stereocenters. The normalized spacial score (nSPS) is 24.9. The van der Waals surface area contributed by atoms with Crippen molar-refractivity contribution in [2.45, 2.75) is 62.8 Å². The molecule has 3 rings (SSSR count). The summed E-state index contributed by atoms with van der Waals surface area (Å²) in [7, 11) is 0.645. The highest BCUT2D eigenvalue weighted by Gasteiger charge is 2.34. The number of Topliss-reactive ketones (excluding diaryl/α,β-unsaturated/α-hetero) is 1. The van der Waals surface area contributed by atoms with Gasteiger partial charge >= 0.3 is 0 Å². The summed E-state index contributed by atoms with van der Waals surface area (Å²) < 4.78 is 27.9. The zero-order valence-electron chi connectivity index (χ0n) is 19.6. The van der Waals surface area contributed by atoms with E-state index >= 15 is 0 Å². The Morgan fingerprint density at radius 3 is 2.39 bits per heavy atom. The first kappa shape index (κ1) is 24.4. The van der Waals surface area contributed by atoms with Gasteiger partial charge in [0.05, 0.1) is 11.4 Å². The highest BCUT2D eigenvalue weighted by Crippen LogP contribution is 2.31. The van der Waals surface area contributed by atoms with Crippen molar-refractivity contribution in [2.75, 3.05) is 40.3 Å². The van der Waals surface area contributed by atoms with Crippen LogP contribution < -0.4 is 5.32 Å². The van der Waals surface area contributed by atoms with Gasteiger partial charge < -0.3 is 10.2 Å². The van der Waals surface area contributed by atoms with Gasteiger partial charge in [0.25, 0.3) is 0 Å². The van der Waals surface area contributed by atoms with Gasteiger partial charge in [0.1, 0.15) is 0 Å². The number of carbonyl (C=O) groups is 1. The molecule has 1 aliphatic heterocycles. The zero-order valence-corrected chi connectivity index (χ0v) is 20.4. The van der Waals surface area contributed by atoms with Gasteiger partial charge in [-0.2, -0.15) is 4.31 Å². The summed E-state index contributed by atoms with van der Waals surface area (Å²) in [5.74, 6) is 0.620. The number of sulfonamides is 1. The maximum atomic E-state index is 13.2. The molecule has 0 radical (unpaired) electrons. The summed E-state index contributed by atoms with van der Waals surface area (Å²) in [5, 5.41) is 3.36. The summed E-state index contributed by atoms with van der Waals surface area (Å²) in [6.07, 6.45) is 7.06. The summed E-state index contributed by atoms with van der Waals surface area (Å²) in [4.78, 5) is 15.3. The molecule has 1 aromatic rings. The first-order valence-electron chi connectivity index (χ1n) is 11.7. The molecule has 7 heteroatoms. The topological polar surface area (TPSA) is 69.7 Å². The van der Waals surface area contributed by atoms with Crippen molar-refractivity contribution in [2.24, 2.45) is 11.8 Å². The molecule has 2 fully saturated rings. The van der Waals surface area contributed by atoms with E-state index in [0.29, 0.717) is 30.5 Å². The Bertz CT molecular complexity index is 853. The van der Waals surface area contributed by atoms with Crippen molar-refractivity contribution < 1.29 is 13.2 Å². The van der Waals surface area contributed by atoms with Crippen LogP contribution >= 0.6 is 0 Å². The highest BCUT2D eigenvalue weighted by atomic mass is 32.2. The number of nitrogens with zero attached hydrogens (tertiary/aromatic N) is 2. The SMILES string of the molecule is CC1CC(C)CN(S(=O)(=O)c2cccc(C(=O)CNCC3(N(C)C)CCCCC3)c2)C1. The molecule has 2 unspecified atom stereocenters. The van der Waals surface area contributed by atoms with Crippen LogP contribution in [0.25, 0.3) is 0 Å². The summed E-state index contributed by atoms with van der Waals surface area (Å²) in [5.41, 5.74) is 0.556. The lowest BCUT2D eigenvalue weighted by Gasteiger charge is -2.43. The van der Waals surface area contributed by atoms with Crippen molar-refractivity contribution in [3.8, 4) is 0 Å². The van der Waals surface area contributed by atoms with Gasteiger partial charge in [-0.1, -0.05) is 45.2 Å². The minimum absolute atomic E-state index is 0.0675. The van der Waals surface area contributed by atoms with E-state index in [1.807, 2.05) is 0 Å². The van der Waals surface area contributed by atoms with E-state index in [1.54, 1.807) is 28.6 Å². The highest BCUT2D eigenvalue weighted by molar-refractivity contribution is 7.89. The van der Waals surface area contributed by atoms with E-state index in [0.717, 1.165) is 25.8 Å². The molecule has 0 spiro atoms. The van der Waals surface area contributed by atoms with E-state index in [-0.39, 0.29) is 22.8 Å². The Labute approximate surface area is 188 Å². The molecule has 31 heavy (non-hydrogen) atoms. The predicted molar refractivity (Wildman–Crippen MR) is 125 cm³/mol. The number of ketones is 1. The summed E-state index contributed by atoms with van der Waals surface area (Å²) in [6, 6.07) is 6.55. The van der Waals surface area contributed by atoms with Crippen molar-refractivity contribution in [3.63, 3.8) is 0 Å². The molecular weight excluding hydrogens is 410 g/mol. The van der Waals surface area contributed by atoms with Gasteiger partial charge in [-0.25, -0.2) is 8.42 Å². The molecule has 0 bridgehead atoms. The molecule has 1 aromatic carbocycles. The maximum Gasteiger partial charge on any atom is 0.243 e. The van der Waals surface area contributed by atoms with Crippen LogP contribution in [0.1, 0.15) is 62.7 Å². The van der Waals surface area contributed by atoms with Gasteiger partial charge in [0.15, 0.2) is 5.78 Å². The average Bonchev–Trinajstić information content (AvgIpc) is 2.73. The van der Waals surface area contributed by atoms with Crippen LogP contribution in [0, 0.1) is 11.8 Å². The fraction of sp³-hybridized carbons (Fsp3) is 0.708. The molecular formula is C24H39N3O3S. The molecule has 0 aromatic heterocycles. The van der Waals surface area contributed by atoms with Gasteiger partial charge in [-0.3, -0.25) is 4.79 Å². The van der Waals surface area contributed by atoms with E-state index < -0.39 is 10.0 Å². The molecule has 2 aliphatic rings. The Kier molecular flexibility index (Phi) is 7.95. The molecule has 1 aliphatic carbocycles. The molecule has 0 amide bonds. The smallest absolute Gasteiger partial charge is 0.243 e. The van der Waals surface area contributed by atoms with E-state index in [4.69, 9.17) is 0 Å². The quantitative estimate of drug-likeness (QED) is 0.616. The minimum atomic E-state index is -3.59. The molecule has 6 nitrogen and oxygen atoms in total. The van der Waals surface area contributed by atoms with Crippen molar-refractivity contribution in [3.05, 3.63) is 29.8 Å². The van der Waals surface area contributed by atoms with Crippen LogP contribution in [0.3, 0.4) is 0 Å². The maximum absolute atomic E-state index is 13.2. The Balaban J connectivity index is 1.66. The molecule has 1 saturated carbocycles. The summed E-state index contributed by atoms with van der Waals surface area (Å²) >= 11 is 0. The minimum Gasteiger partial charge on any atom is -0.308 e. The lowest BCUT2D eigenvalue weighted by atomic mass is 9.80. The van der Waals surface area contributed by atoms with Gasteiger partial charge in [0, 0.05) is 30.7 Å². The largest absolute Gasteiger partial charge is 0.308 e. The van der Waals surface area contributed by atoms with Crippen molar-refractivity contribution in [1.29, 1.82) is 0 Å². The Hall–Kier alpha value is -1.28. The standard InChI is InChI=1S/C24H39N3O3S/c1-19-13-20(2)17-27(16-19)31(29,30)22-10-8-9-21(14-22)23(28)15-25-18-24(26(3)4)11-6-5-7-12-24/h8-10,14,19-20,25H,5-7,11-13,15-18H2,1-4H3. The lowest BCUT2D eigenvalue weighted by molar-refractivity contribution is 0.0905. The average molecular weight is 450 g/mol. The second-order valence-electron chi connectivity index (χ2n) is 10.0. The molecule has 1 saturated heterocycles. The number of rotatable bonds is 8. The third-order valence-corrected chi connectivity index (χ3v) is 8.93. The second kappa shape index (κ2) is 10.1. The Morgan fingerprint density at radius 2 is 1.77 bits per heavy atom. The number of piperidine rings is 1. The van der Waals surface area contributed by atoms with Gasteiger partial charge in [-0.05, 0) is 57.3 Å². The first-order chi connectivity index (χ1) is 14.6. The lowest BCUT2D eigenvalue weighted by Crippen LogP contribution is -2.53. The number of benzene rings is 1. The Morgan fingerprint density at radius 1 is 1.13 bits per heavy atom. The van der Waals surface area contributed by atoms with E-state index in [2.05, 4.69) is 38.2 Å². The van der Waals surface area contributed by atoms with Gasteiger partial charge in [-0.15, -0.1) is 0 Å². The van der Waals surface area contributed by atoms with Crippen molar-refractivity contribution >= 4 is 15.8 Å². The fourth-order valence-electron chi connectivity index (χ4n) is 5.28. The van der Waals surface area contributed by atoms with E-state index in [1.165, 1.54) is 19.3 Å². The van der Waals surface area contributed by atoms with Crippen LogP contribution in [-0.4, -0.2) is 69.2 Å². The van der Waals surface area contributed by atoms with Crippen LogP contribution in [0.5, 0.6) is 0 Å². The zero-order chi connectivity index (χ0) is 22.6. The molecule has 1 N–H and O–H groups in total. The number of likely N-dealkylation sites (N-methyl/N-ethyl adjacent to an activating group) is 1. The van der Waals surface area contributed by atoms with Crippen molar-refractivity contribution in [1.82, 2.24) is 14.5 Å². The summed E-state index contributed by atoms with van der Waals surface area (Å²) in [6.45, 7) is 6.26. The number of hydrogen-bond acceptors (Lipinski definition) is 5. The van der Waals surface area contributed by atoms with Crippen LogP contribution in [0.15, 0.2) is 29.2 Å². The fourth-order valence-corrected chi connectivity index (χ4v) is 7.01. The molecule has 1 heterocycles. The van der Waals surface area contributed by atoms with Crippen LogP contribution in [0.2, 0.25) is 0 Å². The number of carbonyl (C=O) groups excluding carboxylic acids is 1.